The van der Waals surface area contributed by atoms with Crippen molar-refractivity contribution >= 4 is 0 Å². The third-order valence-corrected chi connectivity index (χ3v) is 9.27. The highest BCUT2D eigenvalue weighted by Crippen LogP contribution is 2.70. The van der Waals surface area contributed by atoms with Crippen LogP contribution in [0.5, 0.6) is 0 Å². The summed E-state index contributed by atoms with van der Waals surface area (Å²) >= 11 is 0. The molecule has 4 bridgehead atoms. The summed E-state index contributed by atoms with van der Waals surface area (Å²) in [5.41, 5.74) is 10.1. The van der Waals surface area contributed by atoms with Gasteiger partial charge in [0.2, 0.25) is 0 Å². The highest BCUT2D eigenvalue weighted by Gasteiger charge is 2.69. The number of nitrogens with zero attached hydrogens (tertiary/aromatic N) is 3. The van der Waals surface area contributed by atoms with Crippen LogP contribution in [0.3, 0.4) is 0 Å². The van der Waals surface area contributed by atoms with E-state index in [2.05, 4.69) is 65.4 Å². The van der Waals surface area contributed by atoms with E-state index in [-0.39, 0.29) is 41.5 Å². The van der Waals surface area contributed by atoms with Crippen LogP contribution in [0.2, 0.25) is 0 Å². The van der Waals surface area contributed by atoms with Crippen molar-refractivity contribution in [3.05, 3.63) is 123 Å². The van der Waals surface area contributed by atoms with Gasteiger partial charge in [-0.3, -0.25) is 0 Å². The second kappa shape index (κ2) is 7.41. The molecular formula is C29H27N5O2. The Morgan fingerprint density at radius 3 is 1.75 bits per heavy atom. The largest absolute Gasteiger partial charge is 0.352 e. The molecular weight excluding hydrogens is 450 g/mol. The molecule has 2 N–H and O–H groups in total. The van der Waals surface area contributed by atoms with E-state index in [9.17, 15) is 9.59 Å². The lowest BCUT2D eigenvalue weighted by Gasteiger charge is -2.48. The van der Waals surface area contributed by atoms with E-state index in [4.69, 9.17) is 0 Å². The minimum Gasteiger partial charge on any atom is -0.249 e. The van der Waals surface area contributed by atoms with Gasteiger partial charge >= 0.3 is 11.4 Å². The first kappa shape index (κ1) is 20.5. The van der Waals surface area contributed by atoms with Gasteiger partial charge in [0, 0.05) is 18.0 Å². The fraction of sp³-hybridized carbons (Fsp3) is 0.310. The first-order valence-electron chi connectivity index (χ1n) is 12.9. The number of hydrogen-bond acceptors (Lipinski definition) is 4. The molecule has 3 heterocycles. The molecule has 0 radical (unpaired) electrons. The Hall–Kier alpha value is -3.68. The van der Waals surface area contributed by atoms with Crippen LogP contribution in [0.25, 0.3) is 5.69 Å². The second-order valence-corrected chi connectivity index (χ2v) is 10.7. The van der Waals surface area contributed by atoms with Gasteiger partial charge in [0.1, 0.15) is 0 Å². The Labute approximate surface area is 208 Å². The maximum atomic E-state index is 13.8. The van der Waals surface area contributed by atoms with Gasteiger partial charge in [0.25, 0.3) is 0 Å². The SMILES string of the molecule is O=c1n(-c2ccccc2)c(=O)n2n1C1CC3C4C(c5ccccc5)NNC(c5ccccc5)C4C1C32. The standard InChI is InChI=1S/C29H27N5O2/c35-28-32(19-14-8-3-9-15-19)29(36)34-27-20-16-21(33(28)34)23(27)24-22(20)25(17-10-4-1-5-11-17)30-31-26(24)18-12-6-2-7-13-18/h1-15,20-27,30-31H,16H2. The fourth-order valence-electron chi connectivity index (χ4n) is 8.17. The lowest BCUT2D eigenvalue weighted by Crippen LogP contribution is -2.55. The minimum atomic E-state index is -0.210. The normalized spacial score (nSPS) is 33.4. The number of benzene rings is 3. The average Bonchev–Trinajstić information content (AvgIpc) is 3.64. The van der Waals surface area contributed by atoms with Gasteiger partial charge in [-0.1, -0.05) is 78.9 Å². The van der Waals surface area contributed by atoms with Crippen LogP contribution < -0.4 is 22.2 Å². The van der Waals surface area contributed by atoms with Crippen molar-refractivity contribution in [3.8, 4) is 5.69 Å². The molecule has 0 spiro atoms. The summed E-state index contributed by atoms with van der Waals surface area (Å²) in [5.74, 6) is 1.25. The van der Waals surface area contributed by atoms with Gasteiger partial charge in [0.05, 0.1) is 17.8 Å². The summed E-state index contributed by atoms with van der Waals surface area (Å²) in [6.07, 6.45) is 0.946. The van der Waals surface area contributed by atoms with Gasteiger partial charge in [-0.15, -0.1) is 0 Å². The molecule has 1 saturated heterocycles. The fourth-order valence-corrected chi connectivity index (χ4v) is 8.17. The molecule has 3 aromatic carbocycles. The van der Waals surface area contributed by atoms with Crippen molar-refractivity contribution in [1.29, 1.82) is 0 Å². The molecule has 3 fully saturated rings. The third-order valence-electron chi connectivity index (χ3n) is 9.27. The minimum absolute atomic E-state index is 0.0364. The summed E-state index contributed by atoms with van der Waals surface area (Å²) in [5, 5.41) is 0. The molecule has 0 amide bonds. The predicted molar refractivity (Wildman–Crippen MR) is 136 cm³/mol. The smallest absolute Gasteiger partial charge is 0.249 e. The molecule has 4 aliphatic rings. The lowest BCUT2D eigenvalue weighted by atomic mass is 9.67. The van der Waals surface area contributed by atoms with E-state index in [0.717, 1.165) is 6.42 Å². The maximum Gasteiger partial charge on any atom is 0.352 e. The maximum absolute atomic E-state index is 13.8. The lowest BCUT2D eigenvalue weighted by molar-refractivity contribution is 0.0348. The highest BCUT2D eigenvalue weighted by molar-refractivity contribution is 5.33. The van der Waals surface area contributed by atoms with Crippen molar-refractivity contribution in [2.45, 2.75) is 30.6 Å². The molecule has 8 atom stereocenters. The van der Waals surface area contributed by atoms with E-state index in [1.807, 2.05) is 41.1 Å². The molecule has 2 saturated carbocycles. The summed E-state index contributed by atoms with van der Waals surface area (Å²) < 4.78 is 4.97. The molecule has 1 aromatic heterocycles. The van der Waals surface area contributed by atoms with Crippen LogP contribution in [-0.4, -0.2) is 13.9 Å². The molecule has 7 nitrogen and oxygen atoms in total. The molecule has 8 rings (SSSR count). The van der Waals surface area contributed by atoms with Crippen molar-refractivity contribution in [3.63, 3.8) is 0 Å². The predicted octanol–water partition coefficient (Wildman–Crippen LogP) is 3.37. The zero-order valence-electron chi connectivity index (χ0n) is 19.6. The van der Waals surface area contributed by atoms with Crippen LogP contribution in [0.4, 0.5) is 0 Å². The summed E-state index contributed by atoms with van der Waals surface area (Å²) in [4.78, 5) is 27.4. The topological polar surface area (TPSA) is 73.0 Å². The van der Waals surface area contributed by atoms with E-state index >= 15 is 0 Å². The number of nitrogens with one attached hydrogen (secondary N) is 2. The van der Waals surface area contributed by atoms with Crippen LogP contribution in [0.15, 0.2) is 101 Å². The van der Waals surface area contributed by atoms with Crippen molar-refractivity contribution in [1.82, 2.24) is 24.8 Å². The first-order valence-corrected chi connectivity index (χ1v) is 12.9. The van der Waals surface area contributed by atoms with E-state index in [0.29, 0.717) is 23.4 Å². The van der Waals surface area contributed by atoms with Crippen LogP contribution in [-0.2, 0) is 0 Å². The number of rotatable bonds is 3. The van der Waals surface area contributed by atoms with Crippen LogP contribution >= 0.6 is 0 Å². The number of hydrogen-bond donors (Lipinski definition) is 2. The Bertz CT molecular complexity index is 1560. The monoisotopic (exact) mass is 477 g/mol. The summed E-state index contributed by atoms with van der Waals surface area (Å²) in [6.45, 7) is 0. The van der Waals surface area contributed by atoms with E-state index < -0.39 is 0 Å². The summed E-state index contributed by atoms with van der Waals surface area (Å²) in [7, 11) is 0. The Balaban J connectivity index is 1.28. The molecule has 2 aliphatic carbocycles. The van der Waals surface area contributed by atoms with Crippen LogP contribution in [0.1, 0.15) is 41.7 Å². The van der Waals surface area contributed by atoms with Crippen LogP contribution in [0, 0.1) is 23.7 Å². The molecule has 2 aliphatic heterocycles. The highest BCUT2D eigenvalue weighted by atomic mass is 16.2. The van der Waals surface area contributed by atoms with E-state index in [1.165, 1.54) is 15.7 Å². The quantitative estimate of drug-likeness (QED) is 0.475. The Kier molecular flexibility index (Phi) is 4.22. The first-order chi connectivity index (χ1) is 17.7. The van der Waals surface area contributed by atoms with Gasteiger partial charge in [-0.05, 0) is 47.4 Å². The number of para-hydroxylation sites is 1. The van der Waals surface area contributed by atoms with Gasteiger partial charge in [-0.25, -0.2) is 34.4 Å². The van der Waals surface area contributed by atoms with Crippen molar-refractivity contribution in [2.75, 3.05) is 0 Å². The number of hydrazine groups is 1. The van der Waals surface area contributed by atoms with Gasteiger partial charge < -0.3 is 0 Å². The van der Waals surface area contributed by atoms with Gasteiger partial charge in [0.15, 0.2) is 0 Å². The number of fused-ring (bicyclic) bond motifs is 4. The third kappa shape index (κ3) is 2.54. The molecule has 4 aromatic rings. The molecule has 36 heavy (non-hydrogen) atoms. The van der Waals surface area contributed by atoms with Crippen molar-refractivity contribution in [2.24, 2.45) is 23.7 Å². The molecule has 8 unspecified atom stereocenters. The van der Waals surface area contributed by atoms with Crippen molar-refractivity contribution < 1.29 is 0 Å². The average molecular weight is 478 g/mol. The summed E-state index contributed by atoms with van der Waals surface area (Å²) in [6, 6.07) is 30.9. The van der Waals surface area contributed by atoms with E-state index in [1.54, 1.807) is 4.68 Å². The Morgan fingerprint density at radius 1 is 0.611 bits per heavy atom. The zero-order valence-corrected chi connectivity index (χ0v) is 19.6. The molecule has 7 heteroatoms. The zero-order chi connectivity index (χ0) is 24.0. The Morgan fingerprint density at radius 2 is 1.14 bits per heavy atom. The molecule has 180 valence electrons. The number of aromatic nitrogens is 3. The second-order valence-electron chi connectivity index (χ2n) is 10.7. The van der Waals surface area contributed by atoms with Gasteiger partial charge in [-0.2, -0.15) is 0 Å².